The van der Waals surface area contributed by atoms with E-state index >= 15 is 0 Å². The Morgan fingerprint density at radius 2 is 1.55 bits per heavy atom. The van der Waals surface area contributed by atoms with E-state index in [1.165, 1.54) is 25.7 Å². The molecule has 1 aromatic rings. The Hall–Kier alpha value is -2.88. The molecule has 2 heterocycles. The van der Waals surface area contributed by atoms with E-state index in [4.69, 9.17) is 14.9 Å². The topological polar surface area (TPSA) is 114 Å². The van der Waals surface area contributed by atoms with Crippen molar-refractivity contribution in [3.63, 3.8) is 0 Å². The maximum Gasteiger partial charge on any atom is 0.243 e. The van der Waals surface area contributed by atoms with Crippen LogP contribution in [0.3, 0.4) is 0 Å². The van der Waals surface area contributed by atoms with Crippen LogP contribution in [0.25, 0.3) is 0 Å². The lowest BCUT2D eigenvalue weighted by Crippen LogP contribution is -2.60. The van der Waals surface area contributed by atoms with Gasteiger partial charge < -0.3 is 9.47 Å². The fraction of sp³-hybridized carbons (Fsp3) is 0.600. The summed E-state index contributed by atoms with van der Waals surface area (Å²) in [4.78, 5) is 0. The monoisotopic (exact) mass is 418 g/mol. The molecule has 0 aliphatic carbocycles. The van der Waals surface area contributed by atoms with Gasteiger partial charge in [-0.1, -0.05) is 89.1 Å². The highest BCUT2D eigenvalue weighted by molar-refractivity contribution is 5.89. The van der Waals surface area contributed by atoms with Gasteiger partial charge in [0.05, 0.1) is 30.2 Å². The zero-order valence-corrected chi connectivity index (χ0v) is 18.4. The van der Waals surface area contributed by atoms with Crippen LogP contribution in [0.4, 0.5) is 0 Å². The van der Waals surface area contributed by atoms with Gasteiger partial charge in [-0.05, 0) is 6.42 Å². The van der Waals surface area contributed by atoms with Crippen LogP contribution in [-0.2, 0) is 15.3 Å². The predicted octanol–water partition coefficient (Wildman–Crippen LogP) is 5.57. The van der Waals surface area contributed by atoms with Crippen molar-refractivity contribution in [2.45, 2.75) is 77.1 Å². The van der Waals surface area contributed by atoms with E-state index in [-0.39, 0.29) is 5.90 Å². The van der Waals surface area contributed by atoms with Gasteiger partial charge >= 0.3 is 0 Å². The highest BCUT2D eigenvalue weighted by Gasteiger charge is 2.79. The van der Waals surface area contributed by atoms with Crippen LogP contribution in [-0.4, -0.2) is 12.0 Å². The minimum Gasteiger partial charge on any atom is -0.443 e. The fourth-order valence-electron chi connectivity index (χ4n) is 5.19. The van der Waals surface area contributed by atoms with Crippen molar-refractivity contribution in [2.24, 2.45) is 16.7 Å². The molecule has 1 aromatic carbocycles. The molecule has 4 unspecified atom stereocenters. The lowest BCUT2D eigenvalue weighted by atomic mass is 9.53. The van der Waals surface area contributed by atoms with Crippen molar-refractivity contribution in [3.05, 3.63) is 35.9 Å². The smallest absolute Gasteiger partial charge is 0.243 e. The van der Waals surface area contributed by atoms with Gasteiger partial charge in [0, 0.05) is 5.56 Å². The summed E-state index contributed by atoms with van der Waals surface area (Å²) in [5, 5.41) is 39.1. The average Bonchev–Trinajstić information content (AvgIpc) is 2.96. The highest BCUT2D eigenvalue weighted by atomic mass is 16.7. The number of rotatable bonds is 9. The largest absolute Gasteiger partial charge is 0.443 e. The zero-order chi connectivity index (χ0) is 22.5. The number of hydrogen-bond acceptors (Lipinski definition) is 6. The SMILES string of the molecule is CCCCCCCCCC1OC2(c3ccccc3)OC(=N)C(C#N)(C2C)C1(C#N)C#N. The second-order valence-electron chi connectivity index (χ2n) is 8.65. The maximum atomic E-state index is 10.2. The lowest BCUT2D eigenvalue weighted by molar-refractivity contribution is -0.286. The van der Waals surface area contributed by atoms with Crippen molar-refractivity contribution in [1.82, 2.24) is 0 Å². The molecular formula is C25H30N4O2. The van der Waals surface area contributed by atoms with Crippen LogP contribution in [0.2, 0.25) is 0 Å². The summed E-state index contributed by atoms with van der Waals surface area (Å²) in [7, 11) is 0. The van der Waals surface area contributed by atoms with E-state index in [9.17, 15) is 15.8 Å². The van der Waals surface area contributed by atoms with Crippen molar-refractivity contribution in [3.8, 4) is 18.2 Å². The maximum absolute atomic E-state index is 10.2. The van der Waals surface area contributed by atoms with E-state index in [0.717, 1.165) is 19.3 Å². The number of nitrogens with zero attached hydrogens (tertiary/aromatic N) is 3. The molecule has 2 aliphatic heterocycles. The normalized spacial score (nSPS) is 30.6. The molecule has 2 fully saturated rings. The molecule has 2 aliphatic rings. The molecule has 2 bridgehead atoms. The van der Waals surface area contributed by atoms with Crippen LogP contribution >= 0.6 is 0 Å². The van der Waals surface area contributed by atoms with Gasteiger partial charge in [-0.15, -0.1) is 0 Å². The third kappa shape index (κ3) is 3.29. The van der Waals surface area contributed by atoms with E-state index in [1.807, 2.05) is 30.3 Å². The number of nitriles is 3. The van der Waals surface area contributed by atoms with E-state index < -0.39 is 28.6 Å². The quantitative estimate of drug-likeness (QED) is 0.527. The van der Waals surface area contributed by atoms with Crippen LogP contribution in [0.1, 0.15) is 70.8 Å². The summed E-state index contributed by atoms with van der Waals surface area (Å²) in [5.74, 6) is -2.39. The molecule has 1 N–H and O–H groups in total. The number of fused-ring (bicyclic) bond motifs is 2. The Bertz CT molecular complexity index is 912. The molecule has 0 aromatic heterocycles. The predicted molar refractivity (Wildman–Crippen MR) is 115 cm³/mol. The van der Waals surface area contributed by atoms with Gasteiger partial charge in [-0.25, -0.2) is 0 Å². The first-order valence-electron chi connectivity index (χ1n) is 11.2. The van der Waals surface area contributed by atoms with Crippen LogP contribution in [0.5, 0.6) is 0 Å². The fourth-order valence-corrected chi connectivity index (χ4v) is 5.19. The summed E-state index contributed by atoms with van der Waals surface area (Å²) in [6, 6.07) is 15.6. The number of nitrogens with one attached hydrogen (secondary N) is 1. The van der Waals surface area contributed by atoms with Gasteiger partial charge in [-0.2, -0.15) is 15.8 Å². The van der Waals surface area contributed by atoms with Crippen molar-refractivity contribution in [2.75, 3.05) is 0 Å². The first kappa shape index (κ1) is 22.8. The van der Waals surface area contributed by atoms with Crippen LogP contribution < -0.4 is 0 Å². The molecule has 0 amide bonds. The second kappa shape index (κ2) is 9.09. The van der Waals surface area contributed by atoms with Crippen molar-refractivity contribution < 1.29 is 9.47 Å². The van der Waals surface area contributed by atoms with Gasteiger partial charge in [0.1, 0.15) is 0 Å². The standard InChI is InChI=1S/C25H30N4O2/c1-3-4-5-6-7-8-12-15-21-23(16-26,17-27)24(18-28)19(2)25(30-21,31-22(24)29)20-13-10-9-11-14-20/h9-11,13-14,19,21,29H,3-8,12,15H2,1-2H3. The lowest BCUT2D eigenvalue weighted by Gasteiger charge is -2.48. The number of ether oxygens (including phenoxy) is 2. The first-order chi connectivity index (χ1) is 15.0. The summed E-state index contributed by atoms with van der Waals surface area (Å²) >= 11 is 0. The molecule has 31 heavy (non-hydrogen) atoms. The van der Waals surface area contributed by atoms with E-state index in [0.29, 0.717) is 12.0 Å². The Balaban J connectivity index is 1.94. The van der Waals surface area contributed by atoms with Crippen molar-refractivity contribution >= 4 is 5.90 Å². The first-order valence-corrected chi connectivity index (χ1v) is 11.2. The molecule has 162 valence electrons. The molecule has 0 radical (unpaired) electrons. The molecule has 0 spiro atoms. The number of unbranched alkanes of at least 4 members (excludes halogenated alkanes) is 6. The summed E-state index contributed by atoms with van der Waals surface area (Å²) in [5.41, 5.74) is -2.79. The molecular weight excluding hydrogens is 388 g/mol. The Morgan fingerprint density at radius 3 is 2.13 bits per heavy atom. The summed E-state index contributed by atoms with van der Waals surface area (Å²) in [6.07, 6.45) is 7.32. The summed E-state index contributed by atoms with van der Waals surface area (Å²) < 4.78 is 12.4. The summed E-state index contributed by atoms with van der Waals surface area (Å²) in [6.45, 7) is 3.93. The van der Waals surface area contributed by atoms with Gasteiger partial charge in [0.25, 0.3) is 0 Å². The molecule has 3 rings (SSSR count). The van der Waals surface area contributed by atoms with Crippen LogP contribution in [0.15, 0.2) is 30.3 Å². The van der Waals surface area contributed by atoms with E-state index in [2.05, 4.69) is 25.1 Å². The number of hydrogen-bond donors (Lipinski definition) is 1. The van der Waals surface area contributed by atoms with E-state index in [1.54, 1.807) is 6.92 Å². The molecule has 0 saturated carbocycles. The Morgan fingerprint density at radius 1 is 0.935 bits per heavy atom. The van der Waals surface area contributed by atoms with Gasteiger partial charge in [-0.3, -0.25) is 5.41 Å². The molecule has 4 atom stereocenters. The minimum atomic E-state index is -1.80. The van der Waals surface area contributed by atoms with Gasteiger partial charge in [0.15, 0.2) is 10.8 Å². The third-order valence-electron chi connectivity index (χ3n) is 7.03. The number of benzene rings is 1. The Kier molecular flexibility index (Phi) is 6.68. The second-order valence-corrected chi connectivity index (χ2v) is 8.65. The zero-order valence-electron chi connectivity index (χ0n) is 18.4. The molecule has 2 saturated heterocycles. The Labute approximate surface area is 184 Å². The van der Waals surface area contributed by atoms with Crippen molar-refractivity contribution in [1.29, 1.82) is 21.2 Å². The van der Waals surface area contributed by atoms with Gasteiger partial charge in [0.2, 0.25) is 11.7 Å². The van der Waals surface area contributed by atoms with Crippen LogP contribution in [0, 0.1) is 56.2 Å². The highest BCUT2D eigenvalue weighted by Crippen LogP contribution is 2.66. The average molecular weight is 419 g/mol. The minimum absolute atomic E-state index is 0.350. The molecule has 6 heteroatoms. The third-order valence-corrected chi connectivity index (χ3v) is 7.03. The molecule has 6 nitrogen and oxygen atoms in total.